The van der Waals surface area contributed by atoms with Crippen molar-refractivity contribution in [1.29, 1.82) is 5.26 Å². The molecule has 92 valence electrons. The lowest BCUT2D eigenvalue weighted by Crippen LogP contribution is -2.13. The highest BCUT2D eigenvalue weighted by Gasteiger charge is 2.65. The van der Waals surface area contributed by atoms with Crippen molar-refractivity contribution in [2.75, 3.05) is 5.32 Å². The van der Waals surface area contributed by atoms with E-state index in [1.54, 1.807) is 12.1 Å². The van der Waals surface area contributed by atoms with E-state index in [0.29, 0.717) is 17.3 Å². The van der Waals surface area contributed by atoms with E-state index in [4.69, 9.17) is 5.26 Å². The van der Waals surface area contributed by atoms with Crippen LogP contribution in [-0.4, -0.2) is 6.04 Å². The van der Waals surface area contributed by atoms with Crippen LogP contribution >= 0.6 is 0 Å². The van der Waals surface area contributed by atoms with Crippen molar-refractivity contribution in [2.45, 2.75) is 25.3 Å². The molecule has 1 N–H and O–H groups in total. The molecular weight excluding hydrogens is 227 g/mol. The summed E-state index contributed by atoms with van der Waals surface area (Å²) in [6.07, 6.45) is 4.16. The Labute approximate surface area is 106 Å². The summed E-state index contributed by atoms with van der Waals surface area (Å²) >= 11 is 0. The number of nitrogens with one attached hydrogen (secondary N) is 1. The van der Waals surface area contributed by atoms with E-state index in [1.807, 2.05) is 6.07 Å². The minimum atomic E-state index is -0.300. The van der Waals surface area contributed by atoms with Crippen molar-refractivity contribution < 1.29 is 4.39 Å². The topological polar surface area (TPSA) is 35.8 Å². The van der Waals surface area contributed by atoms with Gasteiger partial charge in [0.25, 0.3) is 0 Å². The number of nitriles is 1. The molecule has 0 radical (unpaired) electrons. The number of halogens is 1. The zero-order valence-electron chi connectivity index (χ0n) is 10.1. The van der Waals surface area contributed by atoms with Crippen molar-refractivity contribution in [3.8, 4) is 6.07 Å². The molecule has 1 aromatic rings. The summed E-state index contributed by atoms with van der Waals surface area (Å²) in [7, 11) is 0. The standard InChI is InChI=1S/C15H15FN2/c16-11-5-8(7-17)1-4-12(11)18-15-13-9-2-3-10(6-9)14(13)15/h1,4-5,9-10,13-15,18H,2-3,6H2. The monoisotopic (exact) mass is 242 g/mol. The van der Waals surface area contributed by atoms with E-state index in [2.05, 4.69) is 5.32 Å². The van der Waals surface area contributed by atoms with Crippen molar-refractivity contribution >= 4 is 5.69 Å². The van der Waals surface area contributed by atoms with Crippen LogP contribution in [0.1, 0.15) is 24.8 Å². The van der Waals surface area contributed by atoms with Gasteiger partial charge in [-0.05, 0) is 61.1 Å². The highest BCUT2D eigenvalue weighted by atomic mass is 19.1. The second kappa shape index (κ2) is 3.47. The van der Waals surface area contributed by atoms with Gasteiger partial charge >= 0.3 is 0 Å². The summed E-state index contributed by atoms with van der Waals surface area (Å²) in [6.45, 7) is 0. The lowest BCUT2D eigenvalue weighted by atomic mass is 10.0. The van der Waals surface area contributed by atoms with Crippen LogP contribution in [0.15, 0.2) is 18.2 Å². The number of hydrogen-bond acceptors (Lipinski definition) is 2. The fourth-order valence-electron chi connectivity index (χ4n) is 4.40. The van der Waals surface area contributed by atoms with Gasteiger partial charge in [-0.25, -0.2) is 4.39 Å². The van der Waals surface area contributed by atoms with Crippen LogP contribution < -0.4 is 5.32 Å². The average Bonchev–Trinajstić information content (AvgIpc) is 2.78. The molecule has 0 spiro atoms. The van der Waals surface area contributed by atoms with Crippen molar-refractivity contribution in [3.63, 3.8) is 0 Å². The Balaban J connectivity index is 1.52. The zero-order chi connectivity index (χ0) is 12.3. The van der Waals surface area contributed by atoms with Gasteiger partial charge in [0.15, 0.2) is 0 Å². The van der Waals surface area contributed by atoms with Gasteiger partial charge in [-0.3, -0.25) is 0 Å². The lowest BCUT2D eigenvalue weighted by Gasteiger charge is -2.12. The molecule has 4 atom stereocenters. The third-order valence-corrected chi connectivity index (χ3v) is 5.16. The van der Waals surface area contributed by atoms with Crippen LogP contribution in [0.4, 0.5) is 10.1 Å². The van der Waals surface area contributed by atoms with Crippen molar-refractivity contribution in [3.05, 3.63) is 29.6 Å². The summed E-state index contributed by atoms with van der Waals surface area (Å²) in [5.74, 6) is 3.06. The van der Waals surface area contributed by atoms with Gasteiger partial charge in [0.05, 0.1) is 17.3 Å². The van der Waals surface area contributed by atoms with Crippen LogP contribution in [0.3, 0.4) is 0 Å². The molecule has 4 unspecified atom stereocenters. The predicted molar refractivity (Wildman–Crippen MR) is 66.3 cm³/mol. The van der Waals surface area contributed by atoms with E-state index < -0.39 is 0 Å². The first-order valence-corrected chi connectivity index (χ1v) is 6.74. The molecule has 2 nitrogen and oxygen atoms in total. The maximum Gasteiger partial charge on any atom is 0.147 e. The Kier molecular flexibility index (Phi) is 2.00. The molecular formula is C15H15FN2. The van der Waals surface area contributed by atoms with Gasteiger partial charge in [-0.15, -0.1) is 0 Å². The number of hydrogen-bond donors (Lipinski definition) is 1. The van der Waals surface area contributed by atoms with E-state index in [0.717, 1.165) is 23.7 Å². The second-order valence-corrected chi connectivity index (χ2v) is 5.96. The molecule has 18 heavy (non-hydrogen) atoms. The van der Waals surface area contributed by atoms with Crippen molar-refractivity contribution in [1.82, 2.24) is 0 Å². The molecule has 3 aliphatic carbocycles. The van der Waals surface area contributed by atoms with Crippen molar-refractivity contribution in [2.24, 2.45) is 23.7 Å². The summed E-state index contributed by atoms with van der Waals surface area (Å²) in [6, 6.07) is 7.14. The quantitative estimate of drug-likeness (QED) is 0.864. The zero-order valence-corrected chi connectivity index (χ0v) is 10.1. The highest BCUT2D eigenvalue weighted by Crippen LogP contribution is 2.66. The van der Waals surface area contributed by atoms with Crippen LogP contribution in [0.5, 0.6) is 0 Å². The van der Waals surface area contributed by atoms with E-state index in [-0.39, 0.29) is 5.82 Å². The van der Waals surface area contributed by atoms with Crippen LogP contribution in [-0.2, 0) is 0 Å². The maximum atomic E-state index is 13.8. The summed E-state index contributed by atoms with van der Waals surface area (Å²) in [5.41, 5.74) is 0.946. The van der Waals surface area contributed by atoms with Crippen LogP contribution in [0.25, 0.3) is 0 Å². The summed E-state index contributed by atoms with van der Waals surface area (Å²) < 4.78 is 13.8. The molecule has 4 rings (SSSR count). The normalized spacial score (nSPS) is 39.2. The third-order valence-electron chi connectivity index (χ3n) is 5.16. The van der Waals surface area contributed by atoms with Crippen LogP contribution in [0, 0.1) is 40.8 Å². The Morgan fingerprint density at radius 1 is 1.22 bits per heavy atom. The highest BCUT2D eigenvalue weighted by molar-refractivity contribution is 5.51. The maximum absolute atomic E-state index is 13.8. The summed E-state index contributed by atoms with van der Waals surface area (Å²) in [4.78, 5) is 0. The van der Waals surface area contributed by atoms with E-state index in [9.17, 15) is 4.39 Å². The number of benzene rings is 1. The Morgan fingerprint density at radius 2 is 1.94 bits per heavy atom. The van der Waals surface area contributed by atoms with E-state index in [1.165, 1.54) is 25.3 Å². The summed E-state index contributed by atoms with van der Waals surface area (Å²) in [5, 5.41) is 12.1. The number of anilines is 1. The number of nitrogens with zero attached hydrogens (tertiary/aromatic N) is 1. The Hall–Kier alpha value is -1.56. The van der Waals surface area contributed by atoms with E-state index >= 15 is 0 Å². The first-order valence-electron chi connectivity index (χ1n) is 6.74. The lowest BCUT2D eigenvalue weighted by molar-refractivity contribution is 0.456. The molecule has 0 aromatic heterocycles. The third kappa shape index (κ3) is 1.32. The fourth-order valence-corrected chi connectivity index (χ4v) is 4.40. The minimum Gasteiger partial charge on any atom is -0.379 e. The Morgan fingerprint density at radius 3 is 2.56 bits per heavy atom. The number of fused-ring (bicyclic) bond motifs is 5. The van der Waals surface area contributed by atoms with Gasteiger partial charge in [-0.1, -0.05) is 0 Å². The minimum absolute atomic E-state index is 0.300. The molecule has 0 heterocycles. The molecule has 2 bridgehead atoms. The SMILES string of the molecule is N#Cc1ccc(NC2C3C4CCC(C4)C23)c(F)c1. The fraction of sp³-hybridized carbons (Fsp3) is 0.533. The first kappa shape index (κ1) is 10.4. The van der Waals surface area contributed by atoms with Crippen LogP contribution in [0.2, 0.25) is 0 Å². The van der Waals surface area contributed by atoms with Gasteiger partial charge in [0, 0.05) is 6.04 Å². The molecule has 3 saturated carbocycles. The van der Waals surface area contributed by atoms with Gasteiger partial charge in [0.1, 0.15) is 5.82 Å². The Bertz CT molecular complexity index is 532. The molecule has 0 saturated heterocycles. The molecule has 3 fully saturated rings. The molecule has 0 amide bonds. The average molecular weight is 242 g/mol. The van der Waals surface area contributed by atoms with Gasteiger partial charge in [0.2, 0.25) is 0 Å². The number of rotatable bonds is 2. The largest absolute Gasteiger partial charge is 0.379 e. The molecule has 3 aliphatic rings. The molecule has 1 aromatic carbocycles. The molecule has 3 heteroatoms. The first-order chi connectivity index (χ1) is 8.78. The van der Waals surface area contributed by atoms with Gasteiger partial charge < -0.3 is 5.32 Å². The second-order valence-electron chi connectivity index (χ2n) is 5.96. The predicted octanol–water partition coefficient (Wildman–Crippen LogP) is 3.15. The smallest absolute Gasteiger partial charge is 0.147 e. The molecule has 0 aliphatic heterocycles. The van der Waals surface area contributed by atoms with Gasteiger partial charge in [-0.2, -0.15) is 5.26 Å².